The summed E-state index contributed by atoms with van der Waals surface area (Å²) in [5.74, 6) is -0.720. The number of fused-ring (bicyclic) bond motifs is 1. The van der Waals surface area contributed by atoms with E-state index in [-0.39, 0.29) is 22.2 Å². The highest BCUT2D eigenvalue weighted by molar-refractivity contribution is 8.14. The van der Waals surface area contributed by atoms with E-state index in [1.807, 2.05) is 0 Å². The number of carboxylic acids is 1. The molecule has 0 saturated heterocycles. The fourth-order valence-electron chi connectivity index (χ4n) is 1.42. The number of hydrogen-bond acceptors (Lipinski definition) is 5. The first-order chi connectivity index (χ1) is 8.88. The van der Waals surface area contributed by atoms with Crippen LogP contribution in [0, 0.1) is 0 Å². The molecule has 9 heteroatoms. The Morgan fingerprint density at radius 2 is 2.21 bits per heavy atom. The summed E-state index contributed by atoms with van der Waals surface area (Å²) in [4.78, 5) is 10.5. The average Bonchev–Trinajstić information content (AvgIpc) is 2.26. The number of carbonyl (C=O) groups is 1. The third-order valence-electron chi connectivity index (χ3n) is 2.22. The molecular formula is C10H9ClN2O4S2. The lowest BCUT2D eigenvalue weighted by atomic mass is 10.3. The van der Waals surface area contributed by atoms with Gasteiger partial charge in [0.15, 0.2) is 5.17 Å². The SMILES string of the molecule is O=C(O)CCSC1=NS(=O)(=O)c2ccc(Cl)cc2N1. The van der Waals surface area contributed by atoms with Gasteiger partial charge >= 0.3 is 5.97 Å². The Morgan fingerprint density at radius 1 is 1.47 bits per heavy atom. The molecule has 0 saturated carbocycles. The molecule has 2 N–H and O–H groups in total. The Balaban J connectivity index is 2.22. The minimum atomic E-state index is -3.76. The fourth-order valence-corrected chi connectivity index (χ4v) is 3.74. The summed E-state index contributed by atoms with van der Waals surface area (Å²) in [6.45, 7) is 0. The second-order valence-corrected chi connectivity index (χ2v) is 6.72. The molecule has 1 aliphatic heterocycles. The van der Waals surface area contributed by atoms with Gasteiger partial charge in [0.1, 0.15) is 4.90 Å². The first-order valence-electron chi connectivity index (χ1n) is 5.14. The number of hydrogen-bond donors (Lipinski definition) is 2. The van der Waals surface area contributed by atoms with Crippen LogP contribution in [-0.2, 0) is 14.8 Å². The fraction of sp³-hybridized carbons (Fsp3) is 0.200. The first kappa shape index (κ1) is 14.2. The molecule has 19 heavy (non-hydrogen) atoms. The van der Waals surface area contributed by atoms with Gasteiger partial charge in [-0.1, -0.05) is 23.4 Å². The largest absolute Gasteiger partial charge is 0.481 e. The molecule has 102 valence electrons. The van der Waals surface area contributed by atoms with Crippen molar-refractivity contribution in [3.8, 4) is 0 Å². The van der Waals surface area contributed by atoms with Gasteiger partial charge in [0.2, 0.25) is 0 Å². The van der Waals surface area contributed by atoms with Gasteiger partial charge in [-0.05, 0) is 18.2 Å². The maximum atomic E-state index is 11.9. The molecule has 1 aromatic rings. The number of carboxylic acid groups (broad SMARTS) is 1. The molecule has 0 unspecified atom stereocenters. The normalized spacial score (nSPS) is 16.2. The predicted octanol–water partition coefficient (Wildman–Crippen LogP) is 2.02. The van der Waals surface area contributed by atoms with Crippen LogP contribution in [0.5, 0.6) is 0 Å². The van der Waals surface area contributed by atoms with E-state index in [9.17, 15) is 13.2 Å². The van der Waals surface area contributed by atoms with Crippen molar-refractivity contribution in [3.05, 3.63) is 23.2 Å². The zero-order chi connectivity index (χ0) is 14.0. The summed E-state index contributed by atoms with van der Waals surface area (Å²) in [5, 5.41) is 11.9. The van der Waals surface area contributed by atoms with Crippen LogP contribution in [0.15, 0.2) is 27.5 Å². The van der Waals surface area contributed by atoms with Gasteiger partial charge in [-0.25, -0.2) is 0 Å². The molecule has 0 aromatic heterocycles. The van der Waals surface area contributed by atoms with E-state index in [1.54, 1.807) is 0 Å². The Bertz CT molecular complexity index is 657. The highest BCUT2D eigenvalue weighted by Gasteiger charge is 2.25. The predicted molar refractivity (Wildman–Crippen MR) is 74.4 cm³/mol. The van der Waals surface area contributed by atoms with Gasteiger partial charge in [-0.2, -0.15) is 8.42 Å². The molecule has 0 spiro atoms. The van der Waals surface area contributed by atoms with Crippen molar-refractivity contribution in [1.82, 2.24) is 0 Å². The highest BCUT2D eigenvalue weighted by Crippen LogP contribution is 2.31. The maximum absolute atomic E-state index is 11.9. The van der Waals surface area contributed by atoms with Gasteiger partial charge in [-0.3, -0.25) is 4.79 Å². The molecule has 1 aromatic carbocycles. The van der Waals surface area contributed by atoms with Crippen LogP contribution in [0.25, 0.3) is 0 Å². The van der Waals surface area contributed by atoms with Crippen LogP contribution >= 0.6 is 23.4 Å². The molecule has 6 nitrogen and oxygen atoms in total. The molecule has 0 radical (unpaired) electrons. The van der Waals surface area contributed by atoms with Crippen LogP contribution in [0.1, 0.15) is 6.42 Å². The first-order valence-corrected chi connectivity index (χ1v) is 7.95. The Hall–Kier alpha value is -1.25. The molecule has 2 rings (SSSR count). The summed E-state index contributed by atoms with van der Waals surface area (Å²) < 4.78 is 27.4. The number of benzene rings is 1. The van der Waals surface area contributed by atoms with E-state index in [0.717, 1.165) is 11.8 Å². The van der Waals surface area contributed by atoms with Crippen LogP contribution in [0.2, 0.25) is 5.02 Å². The topological polar surface area (TPSA) is 95.8 Å². The zero-order valence-electron chi connectivity index (χ0n) is 9.46. The molecule has 0 fully saturated rings. The van der Waals surface area contributed by atoms with Crippen molar-refractivity contribution in [2.24, 2.45) is 4.40 Å². The number of amidine groups is 1. The van der Waals surface area contributed by atoms with E-state index < -0.39 is 16.0 Å². The van der Waals surface area contributed by atoms with Gasteiger partial charge in [0, 0.05) is 10.8 Å². The second-order valence-electron chi connectivity index (χ2n) is 3.63. The zero-order valence-corrected chi connectivity index (χ0v) is 11.8. The quantitative estimate of drug-likeness (QED) is 0.884. The van der Waals surface area contributed by atoms with Crippen molar-refractivity contribution in [2.75, 3.05) is 11.1 Å². The molecule has 0 amide bonds. The summed E-state index contributed by atoms with van der Waals surface area (Å²) in [5.41, 5.74) is 0.348. The standard InChI is InChI=1S/C10H9ClN2O4S2/c11-6-1-2-8-7(5-6)12-10(13-19(8,16)17)18-4-3-9(14)15/h1-2,5H,3-4H2,(H,12,13)(H,14,15). The van der Waals surface area contributed by atoms with Gasteiger partial charge in [-0.15, -0.1) is 4.40 Å². The number of anilines is 1. The molecule has 0 bridgehead atoms. The molecule has 1 heterocycles. The van der Waals surface area contributed by atoms with Crippen LogP contribution in [-0.4, -0.2) is 30.4 Å². The van der Waals surface area contributed by atoms with Gasteiger partial charge in [0.25, 0.3) is 10.0 Å². The lowest BCUT2D eigenvalue weighted by Gasteiger charge is -2.17. The van der Waals surface area contributed by atoms with Crippen molar-refractivity contribution >= 4 is 50.2 Å². The van der Waals surface area contributed by atoms with Crippen LogP contribution in [0.3, 0.4) is 0 Å². The van der Waals surface area contributed by atoms with E-state index in [4.69, 9.17) is 16.7 Å². The summed E-state index contributed by atoms with van der Waals surface area (Å²) >= 11 is 6.84. The monoisotopic (exact) mass is 320 g/mol. The lowest BCUT2D eigenvalue weighted by molar-refractivity contribution is -0.136. The Morgan fingerprint density at radius 3 is 2.89 bits per heavy atom. The lowest BCUT2D eigenvalue weighted by Crippen LogP contribution is -2.19. The number of nitrogens with zero attached hydrogens (tertiary/aromatic N) is 1. The Kier molecular flexibility index (Phi) is 4.02. The van der Waals surface area contributed by atoms with Crippen LogP contribution in [0.4, 0.5) is 5.69 Å². The average molecular weight is 321 g/mol. The van der Waals surface area contributed by atoms with E-state index in [0.29, 0.717) is 10.7 Å². The van der Waals surface area contributed by atoms with Crippen molar-refractivity contribution in [1.29, 1.82) is 0 Å². The highest BCUT2D eigenvalue weighted by atomic mass is 35.5. The number of aliphatic carboxylic acids is 1. The van der Waals surface area contributed by atoms with Crippen molar-refractivity contribution in [3.63, 3.8) is 0 Å². The van der Waals surface area contributed by atoms with Crippen molar-refractivity contribution in [2.45, 2.75) is 11.3 Å². The van der Waals surface area contributed by atoms with E-state index >= 15 is 0 Å². The summed E-state index contributed by atoms with van der Waals surface area (Å²) in [6, 6.07) is 4.33. The van der Waals surface area contributed by atoms with Crippen LogP contribution < -0.4 is 5.32 Å². The minimum absolute atomic E-state index is 0.0551. The number of nitrogens with one attached hydrogen (secondary N) is 1. The number of thioether (sulfide) groups is 1. The van der Waals surface area contributed by atoms with Crippen molar-refractivity contribution < 1.29 is 18.3 Å². The third-order valence-corrected chi connectivity index (χ3v) is 4.78. The molecular weight excluding hydrogens is 312 g/mol. The Labute approximate surface area is 118 Å². The van der Waals surface area contributed by atoms with Gasteiger partial charge < -0.3 is 10.4 Å². The number of sulfonamides is 1. The third kappa shape index (κ3) is 3.40. The van der Waals surface area contributed by atoms with E-state index in [2.05, 4.69) is 9.71 Å². The molecule has 0 aliphatic carbocycles. The second kappa shape index (κ2) is 5.40. The smallest absolute Gasteiger partial charge is 0.304 e. The minimum Gasteiger partial charge on any atom is -0.481 e. The molecule has 0 atom stereocenters. The van der Waals surface area contributed by atoms with Gasteiger partial charge in [0.05, 0.1) is 12.1 Å². The summed E-state index contributed by atoms with van der Waals surface area (Å²) in [7, 11) is -3.76. The molecule has 1 aliphatic rings. The number of rotatable bonds is 3. The summed E-state index contributed by atoms with van der Waals surface area (Å²) in [6.07, 6.45) is -0.0756. The van der Waals surface area contributed by atoms with E-state index in [1.165, 1.54) is 18.2 Å². The number of halogens is 1. The maximum Gasteiger partial charge on any atom is 0.304 e.